The van der Waals surface area contributed by atoms with Gasteiger partial charge >= 0.3 is 0 Å². The summed E-state index contributed by atoms with van der Waals surface area (Å²) in [6.07, 6.45) is 1.68. The van der Waals surface area contributed by atoms with Gasteiger partial charge in [-0.05, 0) is 56.3 Å². The van der Waals surface area contributed by atoms with Gasteiger partial charge in [0.2, 0.25) is 0 Å². The first-order valence-electron chi connectivity index (χ1n) is 7.80. The van der Waals surface area contributed by atoms with Gasteiger partial charge in [-0.2, -0.15) is 5.10 Å². The Morgan fingerprint density at radius 3 is 2.60 bits per heavy atom. The van der Waals surface area contributed by atoms with Crippen molar-refractivity contribution in [1.82, 2.24) is 10.2 Å². The SMILES string of the molecule is CC(C)(Oc1ccc(Cl)cc1)C(=O)Nc1cccc(-c2ccn[nH]2)c1. The normalized spacial score (nSPS) is 11.2. The summed E-state index contributed by atoms with van der Waals surface area (Å²) >= 11 is 5.87. The molecule has 0 radical (unpaired) electrons. The smallest absolute Gasteiger partial charge is 0.267 e. The Kier molecular flexibility index (Phi) is 4.76. The monoisotopic (exact) mass is 355 g/mol. The molecule has 0 unspecified atom stereocenters. The van der Waals surface area contributed by atoms with E-state index in [-0.39, 0.29) is 5.91 Å². The van der Waals surface area contributed by atoms with Crippen molar-refractivity contribution in [3.8, 4) is 17.0 Å². The van der Waals surface area contributed by atoms with Crippen LogP contribution in [0.1, 0.15) is 13.8 Å². The van der Waals surface area contributed by atoms with E-state index < -0.39 is 5.60 Å². The molecule has 1 heterocycles. The Balaban J connectivity index is 1.72. The van der Waals surface area contributed by atoms with E-state index in [9.17, 15) is 4.79 Å². The summed E-state index contributed by atoms with van der Waals surface area (Å²) in [6, 6.07) is 16.3. The number of ether oxygens (including phenoxy) is 1. The molecule has 1 aromatic heterocycles. The number of aromatic nitrogens is 2. The molecule has 0 aliphatic carbocycles. The average molecular weight is 356 g/mol. The Morgan fingerprint density at radius 1 is 1.16 bits per heavy atom. The molecule has 0 fully saturated rings. The van der Waals surface area contributed by atoms with Crippen molar-refractivity contribution in [2.75, 3.05) is 5.32 Å². The molecule has 0 atom stereocenters. The molecule has 6 heteroatoms. The molecule has 25 heavy (non-hydrogen) atoms. The molecule has 0 aliphatic heterocycles. The van der Waals surface area contributed by atoms with E-state index in [1.54, 1.807) is 44.3 Å². The van der Waals surface area contributed by atoms with Gasteiger partial charge in [-0.1, -0.05) is 23.7 Å². The number of rotatable bonds is 5. The second-order valence-corrected chi connectivity index (χ2v) is 6.51. The van der Waals surface area contributed by atoms with Crippen LogP contribution in [-0.4, -0.2) is 21.7 Å². The first-order chi connectivity index (χ1) is 11.9. The lowest BCUT2D eigenvalue weighted by atomic mass is 10.1. The predicted octanol–water partition coefficient (Wildman–Crippen LogP) is 4.53. The number of nitrogens with one attached hydrogen (secondary N) is 2. The lowest BCUT2D eigenvalue weighted by Crippen LogP contribution is -2.42. The maximum atomic E-state index is 12.6. The van der Waals surface area contributed by atoms with Gasteiger partial charge in [-0.25, -0.2) is 0 Å². The Morgan fingerprint density at radius 2 is 1.92 bits per heavy atom. The number of carbonyl (C=O) groups excluding carboxylic acids is 1. The van der Waals surface area contributed by atoms with Crippen LogP contribution < -0.4 is 10.1 Å². The molecule has 3 rings (SSSR count). The van der Waals surface area contributed by atoms with E-state index in [1.165, 1.54) is 0 Å². The highest BCUT2D eigenvalue weighted by molar-refractivity contribution is 6.30. The van der Waals surface area contributed by atoms with Gasteiger partial charge in [-0.3, -0.25) is 9.89 Å². The van der Waals surface area contributed by atoms with E-state index in [2.05, 4.69) is 15.5 Å². The van der Waals surface area contributed by atoms with Crippen LogP contribution in [0.4, 0.5) is 5.69 Å². The topological polar surface area (TPSA) is 67.0 Å². The second kappa shape index (κ2) is 6.99. The number of carbonyl (C=O) groups is 1. The largest absolute Gasteiger partial charge is 0.478 e. The maximum absolute atomic E-state index is 12.6. The number of hydrogen-bond acceptors (Lipinski definition) is 3. The van der Waals surface area contributed by atoms with Gasteiger partial charge in [0.15, 0.2) is 5.60 Å². The minimum Gasteiger partial charge on any atom is -0.478 e. The van der Waals surface area contributed by atoms with Crippen LogP contribution in [0.5, 0.6) is 5.75 Å². The Bertz CT molecular complexity index is 859. The molecular formula is C19H18ClN3O2. The number of aromatic amines is 1. The molecule has 0 spiro atoms. The van der Waals surface area contributed by atoms with Crippen LogP contribution >= 0.6 is 11.6 Å². The van der Waals surface area contributed by atoms with Crippen molar-refractivity contribution >= 4 is 23.2 Å². The van der Waals surface area contributed by atoms with Gasteiger partial charge in [0, 0.05) is 22.5 Å². The van der Waals surface area contributed by atoms with Crippen LogP contribution in [0.25, 0.3) is 11.3 Å². The molecule has 0 saturated heterocycles. The van der Waals surface area contributed by atoms with Crippen molar-refractivity contribution in [3.63, 3.8) is 0 Å². The molecule has 0 saturated carbocycles. The number of amides is 1. The van der Waals surface area contributed by atoms with Crippen molar-refractivity contribution in [2.24, 2.45) is 0 Å². The molecular weight excluding hydrogens is 338 g/mol. The van der Waals surface area contributed by atoms with Crippen LogP contribution in [0.2, 0.25) is 5.02 Å². The molecule has 1 amide bonds. The molecule has 2 aromatic carbocycles. The number of H-pyrrole nitrogens is 1. The van der Waals surface area contributed by atoms with Crippen LogP contribution in [0.3, 0.4) is 0 Å². The van der Waals surface area contributed by atoms with E-state index in [4.69, 9.17) is 16.3 Å². The highest BCUT2D eigenvalue weighted by Gasteiger charge is 2.30. The zero-order valence-electron chi connectivity index (χ0n) is 13.9. The van der Waals surface area contributed by atoms with Crippen LogP contribution in [0, 0.1) is 0 Å². The van der Waals surface area contributed by atoms with Crippen molar-refractivity contribution < 1.29 is 9.53 Å². The molecule has 0 aliphatic rings. The van der Waals surface area contributed by atoms with E-state index in [1.807, 2.05) is 30.3 Å². The number of hydrogen-bond donors (Lipinski definition) is 2. The van der Waals surface area contributed by atoms with E-state index >= 15 is 0 Å². The molecule has 2 N–H and O–H groups in total. The molecule has 5 nitrogen and oxygen atoms in total. The quantitative estimate of drug-likeness (QED) is 0.706. The minimum absolute atomic E-state index is 0.246. The van der Waals surface area contributed by atoms with Gasteiger partial charge in [-0.15, -0.1) is 0 Å². The fourth-order valence-corrected chi connectivity index (χ4v) is 2.43. The van der Waals surface area contributed by atoms with Crippen molar-refractivity contribution in [2.45, 2.75) is 19.4 Å². The zero-order valence-corrected chi connectivity index (χ0v) is 14.7. The third-order valence-electron chi connectivity index (χ3n) is 3.67. The second-order valence-electron chi connectivity index (χ2n) is 6.07. The Labute approximate surface area is 151 Å². The maximum Gasteiger partial charge on any atom is 0.267 e. The zero-order chi connectivity index (χ0) is 17.9. The Hall–Kier alpha value is -2.79. The summed E-state index contributed by atoms with van der Waals surface area (Å²) in [6.45, 7) is 3.44. The van der Waals surface area contributed by atoms with Gasteiger partial charge in [0.05, 0.1) is 5.69 Å². The number of halogens is 1. The van der Waals surface area contributed by atoms with Gasteiger partial charge < -0.3 is 10.1 Å². The standard InChI is InChI=1S/C19H18ClN3O2/c1-19(2,25-16-8-6-14(20)7-9-16)18(24)22-15-5-3-4-13(12-15)17-10-11-21-23-17/h3-12H,1-2H3,(H,21,23)(H,22,24). The molecule has 3 aromatic rings. The lowest BCUT2D eigenvalue weighted by Gasteiger charge is -2.25. The highest BCUT2D eigenvalue weighted by atomic mass is 35.5. The summed E-state index contributed by atoms with van der Waals surface area (Å²) in [4.78, 5) is 12.6. The lowest BCUT2D eigenvalue weighted by molar-refractivity contribution is -0.128. The third-order valence-corrected chi connectivity index (χ3v) is 3.92. The van der Waals surface area contributed by atoms with E-state index in [0.29, 0.717) is 16.5 Å². The summed E-state index contributed by atoms with van der Waals surface area (Å²) in [5, 5.41) is 10.4. The van der Waals surface area contributed by atoms with Crippen LogP contribution in [-0.2, 0) is 4.79 Å². The average Bonchev–Trinajstić information content (AvgIpc) is 3.11. The third kappa shape index (κ3) is 4.19. The summed E-state index contributed by atoms with van der Waals surface area (Å²) < 4.78 is 5.81. The van der Waals surface area contributed by atoms with Crippen molar-refractivity contribution in [3.05, 3.63) is 65.8 Å². The highest BCUT2D eigenvalue weighted by Crippen LogP contribution is 2.24. The fraction of sp³-hybridized carbons (Fsp3) is 0.158. The van der Waals surface area contributed by atoms with Gasteiger partial charge in [0.25, 0.3) is 5.91 Å². The molecule has 0 bridgehead atoms. The first-order valence-corrected chi connectivity index (χ1v) is 8.18. The van der Waals surface area contributed by atoms with Gasteiger partial charge in [0.1, 0.15) is 5.75 Å². The fourth-order valence-electron chi connectivity index (χ4n) is 2.31. The summed E-state index contributed by atoms with van der Waals surface area (Å²) in [5.74, 6) is 0.333. The number of benzene rings is 2. The summed E-state index contributed by atoms with van der Waals surface area (Å²) in [5.41, 5.74) is 1.46. The van der Waals surface area contributed by atoms with Crippen LogP contribution in [0.15, 0.2) is 60.8 Å². The van der Waals surface area contributed by atoms with E-state index in [0.717, 1.165) is 11.3 Å². The minimum atomic E-state index is -1.04. The number of nitrogens with zero attached hydrogens (tertiary/aromatic N) is 1. The number of anilines is 1. The molecule has 128 valence electrons. The first kappa shape index (κ1) is 17.0. The predicted molar refractivity (Wildman–Crippen MR) is 98.8 cm³/mol. The summed E-state index contributed by atoms with van der Waals surface area (Å²) in [7, 11) is 0. The van der Waals surface area contributed by atoms with Crippen molar-refractivity contribution in [1.29, 1.82) is 0 Å².